The summed E-state index contributed by atoms with van der Waals surface area (Å²) in [7, 11) is 0. The van der Waals surface area contributed by atoms with Crippen LogP contribution in [0, 0.1) is 25.1 Å². The predicted molar refractivity (Wildman–Crippen MR) is 133 cm³/mol. The molecule has 0 aromatic carbocycles. The van der Waals surface area contributed by atoms with E-state index in [9.17, 15) is 0 Å². The molecule has 0 saturated carbocycles. The summed E-state index contributed by atoms with van der Waals surface area (Å²) in [5.41, 5.74) is 7.02. The molecule has 7 nitrogen and oxygen atoms in total. The van der Waals surface area contributed by atoms with Gasteiger partial charge in [-0.15, -0.1) is 0 Å². The molecule has 1 spiro atoms. The molecule has 4 aromatic heterocycles. The normalized spacial score (nSPS) is 18.0. The van der Waals surface area contributed by atoms with Gasteiger partial charge in [0, 0.05) is 54.8 Å². The molecule has 0 atom stereocenters. The second-order valence-electron chi connectivity index (χ2n) is 10.9. The van der Waals surface area contributed by atoms with Gasteiger partial charge in [-0.2, -0.15) is 5.10 Å². The van der Waals surface area contributed by atoms with Crippen LogP contribution >= 0.6 is 0 Å². The van der Waals surface area contributed by atoms with E-state index < -0.39 is 0 Å². The van der Waals surface area contributed by atoms with Crippen LogP contribution in [0.5, 0.6) is 0 Å². The topological polar surface area (TPSA) is 65.4 Å². The number of aromatic nitrogens is 5. The lowest BCUT2D eigenvalue weighted by atomic mass is 9.72. The number of pyridine rings is 2. The van der Waals surface area contributed by atoms with Gasteiger partial charge < -0.3 is 9.88 Å². The Morgan fingerprint density at radius 1 is 1.03 bits per heavy atom. The van der Waals surface area contributed by atoms with Crippen LogP contribution in [-0.2, 0) is 0 Å². The van der Waals surface area contributed by atoms with Gasteiger partial charge in [-0.05, 0) is 50.3 Å². The van der Waals surface area contributed by atoms with E-state index in [1.807, 2.05) is 6.20 Å². The minimum Gasteiger partial charge on any atom is -0.353 e. The van der Waals surface area contributed by atoms with Crippen LogP contribution in [0.1, 0.15) is 50.3 Å². The van der Waals surface area contributed by atoms with Gasteiger partial charge in [0.1, 0.15) is 6.33 Å². The lowest BCUT2D eigenvalue weighted by Gasteiger charge is -2.61. The number of aromatic amines is 1. The molecule has 178 valence electrons. The van der Waals surface area contributed by atoms with E-state index in [0.717, 1.165) is 65.3 Å². The number of anilines is 1. The number of fused-ring (bicyclic) bond motifs is 2. The standard InChI is InChI=1S/C26H32FN7/c1-14(2)20-21-19(31-23(20)18-8-34-24(29-13-30-34)17(6)16(18)5)7-28-25(22(21)27)33-11-26(12-33)9-32(10-26)15(3)4/h7-8,13-15,31H,9-12H2,1-6H3. The maximum absolute atomic E-state index is 16.1. The van der Waals surface area contributed by atoms with Gasteiger partial charge in [-0.3, -0.25) is 4.90 Å². The summed E-state index contributed by atoms with van der Waals surface area (Å²) in [6.07, 6.45) is 5.35. The lowest BCUT2D eigenvalue weighted by Crippen LogP contribution is -2.73. The Kier molecular flexibility index (Phi) is 4.59. The van der Waals surface area contributed by atoms with Gasteiger partial charge in [0.2, 0.25) is 0 Å². The van der Waals surface area contributed by atoms with E-state index >= 15 is 4.39 Å². The minimum absolute atomic E-state index is 0.133. The Hall–Kier alpha value is -3.00. The van der Waals surface area contributed by atoms with Crippen molar-refractivity contribution < 1.29 is 4.39 Å². The number of H-pyrrole nitrogens is 1. The third-order valence-corrected chi connectivity index (χ3v) is 7.93. The molecule has 8 heteroatoms. The zero-order valence-corrected chi connectivity index (χ0v) is 20.8. The van der Waals surface area contributed by atoms with E-state index in [4.69, 9.17) is 0 Å². The Morgan fingerprint density at radius 3 is 2.44 bits per heavy atom. The quantitative estimate of drug-likeness (QED) is 0.478. The molecule has 2 fully saturated rings. The van der Waals surface area contributed by atoms with Crippen molar-refractivity contribution in [1.29, 1.82) is 0 Å². The molecule has 0 radical (unpaired) electrons. The third kappa shape index (κ3) is 2.94. The van der Waals surface area contributed by atoms with Crippen LogP contribution in [0.15, 0.2) is 18.7 Å². The van der Waals surface area contributed by atoms with Crippen molar-refractivity contribution in [3.05, 3.63) is 41.2 Å². The molecule has 34 heavy (non-hydrogen) atoms. The summed E-state index contributed by atoms with van der Waals surface area (Å²) in [4.78, 5) is 17.0. The first-order valence-corrected chi connectivity index (χ1v) is 12.2. The van der Waals surface area contributed by atoms with E-state index in [0.29, 0.717) is 22.7 Å². The fourth-order valence-electron chi connectivity index (χ4n) is 5.92. The van der Waals surface area contributed by atoms with Crippen LogP contribution in [0.2, 0.25) is 0 Å². The molecule has 6 rings (SSSR count). The first kappa shape index (κ1) is 21.5. The molecule has 0 amide bonds. The highest BCUT2D eigenvalue weighted by Crippen LogP contribution is 2.45. The van der Waals surface area contributed by atoms with Crippen LogP contribution in [0.3, 0.4) is 0 Å². The number of hydrogen-bond donors (Lipinski definition) is 1. The average molecular weight is 462 g/mol. The van der Waals surface area contributed by atoms with Gasteiger partial charge in [0.05, 0.1) is 17.4 Å². The van der Waals surface area contributed by atoms with Crippen LogP contribution in [-0.4, -0.2) is 61.7 Å². The maximum atomic E-state index is 16.1. The van der Waals surface area contributed by atoms with Gasteiger partial charge in [-0.25, -0.2) is 18.9 Å². The van der Waals surface area contributed by atoms with Crippen molar-refractivity contribution >= 4 is 22.4 Å². The third-order valence-electron chi connectivity index (χ3n) is 7.93. The second kappa shape index (κ2) is 7.25. The maximum Gasteiger partial charge on any atom is 0.175 e. The number of halogens is 1. The Balaban J connectivity index is 1.43. The molecule has 1 N–H and O–H groups in total. The smallest absolute Gasteiger partial charge is 0.175 e. The monoisotopic (exact) mass is 461 g/mol. The highest BCUT2D eigenvalue weighted by Gasteiger charge is 2.53. The number of rotatable bonds is 4. The van der Waals surface area contributed by atoms with E-state index in [-0.39, 0.29) is 11.7 Å². The summed E-state index contributed by atoms with van der Waals surface area (Å²) >= 11 is 0. The Bertz CT molecular complexity index is 1420. The molecule has 0 bridgehead atoms. The fraction of sp³-hybridized carbons (Fsp3) is 0.500. The second-order valence-corrected chi connectivity index (χ2v) is 10.9. The zero-order valence-electron chi connectivity index (χ0n) is 20.8. The molecule has 4 aromatic rings. The SMILES string of the molecule is Cc1c(-c2[nH]c3cnc(N4CC5(C4)CN(C(C)C)C5)c(F)c3c2C(C)C)cn2ncnc2c1C. The minimum atomic E-state index is -0.213. The van der Waals surface area contributed by atoms with E-state index in [2.05, 4.69) is 71.4 Å². The van der Waals surface area contributed by atoms with Crippen molar-refractivity contribution in [2.24, 2.45) is 5.41 Å². The highest BCUT2D eigenvalue weighted by atomic mass is 19.1. The highest BCUT2D eigenvalue weighted by molar-refractivity contribution is 5.94. The molecule has 2 saturated heterocycles. The first-order chi connectivity index (χ1) is 16.2. The molecular formula is C26H32FN7. The fourth-order valence-corrected chi connectivity index (χ4v) is 5.92. The van der Waals surface area contributed by atoms with E-state index in [1.165, 1.54) is 0 Å². The van der Waals surface area contributed by atoms with Crippen molar-refractivity contribution in [3.8, 4) is 11.3 Å². The molecule has 6 heterocycles. The van der Waals surface area contributed by atoms with E-state index in [1.54, 1.807) is 17.0 Å². The van der Waals surface area contributed by atoms with Crippen molar-refractivity contribution in [2.45, 2.75) is 53.5 Å². The van der Waals surface area contributed by atoms with Crippen molar-refractivity contribution in [3.63, 3.8) is 0 Å². The van der Waals surface area contributed by atoms with Crippen LogP contribution in [0.25, 0.3) is 27.8 Å². The largest absolute Gasteiger partial charge is 0.353 e. The number of aryl methyl sites for hydroxylation is 1. The average Bonchev–Trinajstić information content (AvgIpc) is 3.34. The Labute approximate surface area is 199 Å². The van der Waals surface area contributed by atoms with Crippen molar-refractivity contribution in [2.75, 3.05) is 31.1 Å². The van der Waals surface area contributed by atoms with Crippen LogP contribution < -0.4 is 4.90 Å². The van der Waals surface area contributed by atoms with Gasteiger partial charge in [-0.1, -0.05) is 13.8 Å². The van der Waals surface area contributed by atoms with Gasteiger partial charge in [0.15, 0.2) is 17.3 Å². The summed E-state index contributed by atoms with van der Waals surface area (Å²) in [6, 6.07) is 0.571. The molecule has 2 aliphatic heterocycles. The number of likely N-dealkylation sites (tertiary alicyclic amines) is 1. The molecule has 0 aliphatic carbocycles. The lowest BCUT2D eigenvalue weighted by molar-refractivity contribution is -0.0416. The Morgan fingerprint density at radius 2 is 1.76 bits per heavy atom. The summed E-state index contributed by atoms with van der Waals surface area (Å²) in [5.74, 6) is 0.400. The number of nitrogens with zero attached hydrogens (tertiary/aromatic N) is 6. The summed E-state index contributed by atoms with van der Waals surface area (Å²) in [5, 5.41) is 5.00. The first-order valence-electron chi connectivity index (χ1n) is 12.2. The van der Waals surface area contributed by atoms with Crippen LogP contribution in [0.4, 0.5) is 10.2 Å². The number of hydrogen-bond acceptors (Lipinski definition) is 5. The summed E-state index contributed by atoms with van der Waals surface area (Å²) < 4.78 is 17.9. The van der Waals surface area contributed by atoms with Gasteiger partial charge >= 0.3 is 0 Å². The molecule has 0 unspecified atom stereocenters. The van der Waals surface area contributed by atoms with Crippen molar-refractivity contribution in [1.82, 2.24) is 29.5 Å². The number of nitrogens with one attached hydrogen (secondary N) is 1. The zero-order chi connectivity index (χ0) is 23.9. The molecular weight excluding hydrogens is 429 g/mol. The van der Waals surface area contributed by atoms with Gasteiger partial charge in [0.25, 0.3) is 0 Å². The summed E-state index contributed by atoms with van der Waals surface area (Å²) in [6.45, 7) is 16.8. The predicted octanol–water partition coefficient (Wildman–Crippen LogP) is 4.68. The molecule has 2 aliphatic rings.